The molecule has 0 amide bonds. The third kappa shape index (κ3) is 4.50. The van der Waals surface area contributed by atoms with E-state index in [4.69, 9.17) is 10.00 Å². The Morgan fingerprint density at radius 1 is 1.29 bits per heavy atom. The molecule has 0 saturated carbocycles. The number of phenolic OH excluding ortho intramolecular Hbond substituents is 1. The number of nitrogens with one attached hydrogen (secondary N) is 1. The van der Waals surface area contributed by atoms with Gasteiger partial charge in [0.15, 0.2) is 0 Å². The van der Waals surface area contributed by atoms with Crippen molar-refractivity contribution in [1.29, 1.82) is 5.26 Å². The maximum Gasteiger partial charge on any atom is 0.302 e. The van der Waals surface area contributed by atoms with Crippen LogP contribution in [0, 0.1) is 11.3 Å². The van der Waals surface area contributed by atoms with Crippen molar-refractivity contribution in [2.24, 2.45) is 0 Å². The summed E-state index contributed by atoms with van der Waals surface area (Å²) < 4.78 is 5.16. The molecule has 0 heterocycles. The van der Waals surface area contributed by atoms with Crippen molar-refractivity contribution in [3.63, 3.8) is 0 Å². The molecule has 1 atom stereocenters. The van der Waals surface area contributed by atoms with E-state index in [9.17, 15) is 9.90 Å². The molecule has 2 rings (SSSR count). The molecular weight excluding hydrogens is 304 g/mol. The summed E-state index contributed by atoms with van der Waals surface area (Å²) in [6, 6.07) is 14.2. The molecule has 0 fully saturated rings. The minimum absolute atomic E-state index is 0.170. The molecule has 1 unspecified atom stereocenters. The Morgan fingerprint density at radius 3 is 2.58 bits per heavy atom. The van der Waals surface area contributed by atoms with E-state index in [1.165, 1.54) is 6.92 Å². The van der Waals surface area contributed by atoms with E-state index < -0.39 is 0 Å². The fraction of sp³-hybridized carbons (Fsp3) is 0.263. The van der Waals surface area contributed by atoms with E-state index in [0.29, 0.717) is 12.0 Å². The number of aromatic hydroxyl groups is 1. The van der Waals surface area contributed by atoms with Crippen LogP contribution >= 0.6 is 0 Å². The monoisotopic (exact) mass is 324 g/mol. The fourth-order valence-corrected chi connectivity index (χ4v) is 2.37. The standard InChI is InChI=1S/C19H20N2O3/c1-3-15-10-16(6-9-19(15)23)18(12-24-13(2)22)21-17-7-4-14(11-20)5-8-17/h4-10,18,21,23H,3,12H2,1-2H3. The Labute approximate surface area is 141 Å². The van der Waals surface area contributed by atoms with Gasteiger partial charge >= 0.3 is 5.97 Å². The van der Waals surface area contributed by atoms with Gasteiger partial charge in [-0.1, -0.05) is 13.0 Å². The third-order valence-electron chi connectivity index (χ3n) is 3.69. The van der Waals surface area contributed by atoms with Crippen molar-refractivity contribution in [2.45, 2.75) is 26.3 Å². The lowest BCUT2D eigenvalue weighted by Gasteiger charge is -2.21. The van der Waals surface area contributed by atoms with Crippen LogP contribution in [0.25, 0.3) is 0 Å². The van der Waals surface area contributed by atoms with Gasteiger partial charge < -0.3 is 15.2 Å². The maximum absolute atomic E-state index is 11.2. The van der Waals surface area contributed by atoms with Gasteiger partial charge in [-0.25, -0.2) is 0 Å². The molecule has 0 bridgehead atoms. The number of phenols is 1. The Kier molecular flexibility index (Phi) is 5.80. The van der Waals surface area contributed by atoms with Crippen LogP contribution in [0.3, 0.4) is 0 Å². The van der Waals surface area contributed by atoms with Gasteiger partial charge in [0.05, 0.1) is 17.7 Å². The molecule has 0 aromatic heterocycles. The number of rotatable bonds is 6. The molecule has 5 heteroatoms. The minimum Gasteiger partial charge on any atom is -0.508 e. The summed E-state index contributed by atoms with van der Waals surface area (Å²) in [5.74, 6) is -0.0954. The molecule has 2 aromatic carbocycles. The third-order valence-corrected chi connectivity index (χ3v) is 3.69. The molecule has 0 aliphatic heterocycles. The first-order chi connectivity index (χ1) is 11.5. The largest absolute Gasteiger partial charge is 0.508 e. The Bertz CT molecular complexity index is 748. The number of ether oxygens (including phenoxy) is 1. The molecule has 124 valence electrons. The van der Waals surface area contributed by atoms with E-state index in [-0.39, 0.29) is 24.4 Å². The fourth-order valence-electron chi connectivity index (χ4n) is 2.37. The second-order valence-corrected chi connectivity index (χ2v) is 5.43. The molecule has 2 aromatic rings. The number of hydrogen-bond donors (Lipinski definition) is 2. The predicted molar refractivity (Wildman–Crippen MR) is 91.6 cm³/mol. The van der Waals surface area contributed by atoms with Crippen LogP contribution in [0.1, 0.15) is 36.6 Å². The lowest BCUT2D eigenvalue weighted by Crippen LogP contribution is -2.19. The number of esters is 1. The zero-order valence-corrected chi connectivity index (χ0v) is 13.7. The first-order valence-corrected chi connectivity index (χ1v) is 7.75. The SMILES string of the molecule is CCc1cc(C(COC(C)=O)Nc2ccc(C#N)cc2)ccc1O. The highest BCUT2D eigenvalue weighted by Gasteiger charge is 2.15. The van der Waals surface area contributed by atoms with Crippen molar-refractivity contribution >= 4 is 11.7 Å². The van der Waals surface area contributed by atoms with Gasteiger partial charge in [0.25, 0.3) is 0 Å². The Hall–Kier alpha value is -3.00. The minimum atomic E-state index is -0.351. The Morgan fingerprint density at radius 2 is 2.00 bits per heavy atom. The van der Waals surface area contributed by atoms with Gasteiger partial charge in [-0.05, 0) is 53.9 Å². The highest BCUT2D eigenvalue weighted by Crippen LogP contribution is 2.26. The van der Waals surface area contributed by atoms with E-state index in [0.717, 1.165) is 16.8 Å². The van der Waals surface area contributed by atoms with Crippen molar-refractivity contribution in [1.82, 2.24) is 0 Å². The van der Waals surface area contributed by atoms with Crippen LogP contribution in [-0.2, 0) is 16.0 Å². The van der Waals surface area contributed by atoms with Gasteiger partial charge in [-0.3, -0.25) is 4.79 Å². The average molecular weight is 324 g/mol. The molecule has 0 aliphatic carbocycles. The number of carbonyl (C=O) groups is 1. The van der Waals surface area contributed by atoms with Crippen molar-refractivity contribution in [2.75, 3.05) is 11.9 Å². The van der Waals surface area contributed by atoms with E-state index in [2.05, 4.69) is 11.4 Å². The highest BCUT2D eigenvalue weighted by atomic mass is 16.5. The molecule has 24 heavy (non-hydrogen) atoms. The number of benzene rings is 2. The summed E-state index contributed by atoms with van der Waals surface area (Å²) in [4.78, 5) is 11.2. The summed E-state index contributed by atoms with van der Waals surface area (Å²) >= 11 is 0. The molecule has 0 spiro atoms. The van der Waals surface area contributed by atoms with Crippen LogP contribution < -0.4 is 5.32 Å². The van der Waals surface area contributed by atoms with E-state index in [1.54, 1.807) is 36.4 Å². The molecule has 2 N–H and O–H groups in total. The van der Waals surface area contributed by atoms with Crippen LogP contribution in [-0.4, -0.2) is 17.7 Å². The summed E-state index contributed by atoms with van der Waals surface area (Å²) in [5.41, 5.74) is 3.14. The predicted octanol–water partition coefficient (Wildman–Crippen LogP) is 3.54. The summed E-state index contributed by atoms with van der Waals surface area (Å²) in [6.07, 6.45) is 0.705. The van der Waals surface area contributed by atoms with Gasteiger partial charge in [-0.2, -0.15) is 5.26 Å². The van der Waals surface area contributed by atoms with Crippen LogP contribution in [0.15, 0.2) is 42.5 Å². The Balaban J connectivity index is 2.26. The number of nitriles is 1. The van der Waals surface area contributed by atoms with E-state index >= 15 is 0 Å². The van der Waals surface area contributed by atoms with Crippen LogP contribution in [0.2, 0.25) is 0 Å². The number of carbonyl (C=O) groups excluding carboxylic acids is 1. The van der Waals surface area contributed by atoms with Crippen molar-refractivity contribution in [3.8, 4) is 11.8 Å². The number of hydrogen-bond acceptors (Lipinski definition) is 5. The second-order valence-electron chi connectivity index (χ2n) is 5.43. The normalized spacial score (nSPS) is 11.4. The zero-order chi connectivity index (χ0) is 17.5. The number of anilines is 1. The summed E-state index contributed by atoms with van der Waals surface area (Å²) in [6.45, 7) is 3.50. The topological polar surface area (TPSA) is 82.3 Å². The summed E-state index contributed by atoms with van der Waals surface area (Å²) in [5, 5.41) is 22.0. The lowest BCUT2D eigenvalue weighted by molar-refractivity contribution is -0.141. The van der Waals surface area contributed by atoms with Crippen molar-refractivity contribution in [3.05, 3.63) is 59.2 Å². The molecule has 0 saturated heterocycles. The molecular formula is C19H20N2O3. The highest BCUT2D eigenvalue weighted by molar-refractivity contribution is 5.66. The molecule has 0 aliphatic rings. The van der Waals surface area contributed by atoms with Gasteiger partial charge in [0.1, 0.15) is 12.4 Å². The second kappa shape index (κ2) is 8.02. The quantitative estimate of drug-likeness (QED) is 0.794. The smallest absolute Gasteiger partial charge is 0.302 e. The van der Waals surface area contributed by atoms with Gasteiger partial charge in [0.2, 0.25) is 0 Å². The number of aryl methyl sites for hydroxylation is 1. The van der Waals surface area contributed by atoms with Crippen molar-refractivity contribution < 1.29 is 14.6 Å². The molecule has 5 nitrogen and oxygen atoms in total. The zero-order valence-electron chi connectivity index (χ0n) is 13.7. The lowest BCUT2D eigenvalue weighted by atomic mass is 10.0. The van der Waals surface area contributed by atoms with E-state index in [1.807, 2.05) is 13.0 Å². The molecule has 0 radical (unpaired) electrons. The first-order valence-electron chi connectivity index (χ1n) is 7.75. The van der Waals surface area contributed by atoms with Gasteiger partial charge in [-0.15, -0.1) is 0 Å². The van der Waals surface area contributed by atoms with Crippen LogP contribution in [0.5, 0.6) is 5.75 Å². The number of nitrogens with zero attached hydrogens (tertiary/aromatic N) is 1. The summed E-state index contributed by atoms with van der Waals surface area (Å²) in [7, 11) is 0. The van der Waals surface area contributed by atoms with Gasteiger partial charge in [0, 0.05) is 12.6 Å². The maximum atomic E-state index is 11.2. The average Bonchev–Trinajstić information content (AvgIpc) is 2.59. The van der Waals surface area contributed by atoms with Crippen LogP contribution in [0.4, 0.5) is 5.69 Å². The first kappa shape index (κ1) is 17.4.